The number of piperazine rings is 1. The first-order chi connectivity index (χ1) is 14.2. The van der Waals surface area contributed by atoms with Gasteiger partial charge in [-0.25, -0.2) is 0 Å². The first-order valence-electron chi connectivity index (χ1n) is 10.7. The smallest absolute Gasteiger partial charge is 0.241 e. The van der Waals surface area contributed by atoms with Gasteiger partial charge in [0.2, 0.25) is 5.91 Å². The standard InChI is InChI=1S/C24H31N3O2/c1-20-8-10-22(11-9-20)29-18-17-25-13-15-26(16-14-25)19-24(28)27-12-4-6-21-5-2-3-7-23(21)27/h2-3,5,7-11H,4,6,12-19H2,1H3. The molecule has 5 nitrogen and oxygen atoms in total. The maximum Gasteiger partial charge on any atom is 0.241 e. The minimum atomic E-state index is 0.230. The number of fused-ring (bicyclic) bond motifs is 1. The van der Waals surface area contributed by atoms with E-state index in [4.69, 9.17) is 4.74 Å². The molecular formula is C24H31N3O2. The lowest BCUT2D eigenvalue weighted by molar-refractivity contribution is -0.120. The Labute approximate surface area is 173 Å². The highest BCUT2D eigenvalue weighted by molar-refractivity contribution is 5.95. The van der Waals surface area contributed by atoms with Gasteiger partial charge in [-0.3, -0.25) is 14.6 Å². The quantitative estimate of drug-likeness (QED) is 0.756. The summed E-state index contributed by atoms with van der Waals surface area (Å²) in [4.78, 5) is 19.6. The van der Waals surface area contributed by atoms with Crippen molar-refractivity contribution < 1.29 is 9.53 Å². The molecule has 0 N–H and O–H groups in total. The molecule has 0 aromatic heterocycles. The second-order valence-electron chi connectivity index (χ2n) is 8.06. The van der Waals surface area contributed by atoms with E-state index in [-0.39, 0.29) is 5.91 Å². The van der Waals surface area contributed by atoms with E-state index < -0.39 is 0 Å². The normalized spacial score (nSPS) is 17.8. The molecule has 0 radical (unpaired) electrons. The molecule has 2 aliphatic heterocycles. The number of aryl methyl sites for hydroxylation is 2. The van der Waals surface area contributed by atoms with Gasteiger partial charge in [0.25, 0.3) is 0 Å². The van der Waals surface area contributed by atoms with Crippen LogP contribution in [0.1, 0.15) is 17.5 Å². The summed E-state index contributed by atoms with van der Waals surface area (Å²) in [5, 5.41) is 0. The van der Waals surface area contributed by atoms with Crippen LogP contribution in [-0.2, 0) is 11.2 Å². The molecular weight excluding hydrogens is 362 g/mol. The summed E-state index contributed by atoms with van der Waals surface area (Å²) < 4.78 is 5.85. The molecule has 2 aliphatic rings. The van der Waals surface area contributed by atoms with E-state index in [9.17, 15) is 4.79 Å². The second-order valence-corrected chi connectivity index (χ2v) is 8.06. The van der Waals surface area contributed by atoms with Crippen LogP contribution in [-0.4, -0.2) is 68.1 Å². The molecule has 5 heteroatoms. The number of hydrogen-bond acceptors (Lipinski definition) is 4. The monoisotopic (exact) mass is 393 g/mol. The lowest BCUT2D eigenvalue weighted by Gasteiger charge is -2.36. The van der Waals surface area contributed by atoms with Crippen molar-refractivity contribution in [3.63, 3.8) is 0 Å². The highest BCUT2D eigenvalue weighted by Crippen LogP contribution is 2.26. The van der Waals surface area contributed by atoms with Crippen LogP contribution in [0.4, 0.5) is 5.69 Å². The van der Waals surface area contributed by atoms with Crippen molar-refractivity contribution in [3.05, 3.63) is 59.7 Å². The molecule has 0 unspecified atom stereocenters. The number of para-hydroxylation sites is 1. The highest BCUT2D eigenvalue weighted by atomic mass is 16.5. The Kier molecular flexibility index (Phi) is 6.47. The average Bonchev–Trinajstić information content (AvgIpc) is 2.76. The first-order valence-corrected chi connectivity index (χ1v) is 10.7. The third kappa shape index (κ3) is 5.17. The Bertz CT molecular complexity index is 813. The van der Waals surface area contributed by atoms with Crippen LogP contribution in [0.2, 0.25) is 0 Å². The summed E-state index contributed by atoms with van der Waals surface area (Å²) in [5.74, 6) is 1.16. The average molecular weight is 394 g/mol. The van der Waals surface area contributed by atoms with Gasteiger partial charge in [0.1, 0.15) is 12.4 Å². The van der Waals surface area contributed by atoms with Gasteiger partial charge in [0.05, 0.1) is 6.54 Å². The molecule has 154 valence electrons. The summed E-state index contributed by atoms with van der Waals surface area (Å²) in [6.07, 6.45) is 2.13. The van der Waals surface area contributed by atoms with Crippen molar-refractivity contribution in [2.75, 3.05) is 57.3 Å². The zero-order valence-electron chi connectivity index (χ0n) is 17.3. The van der Waals surface area contributed by atoms with Crippen LogP contribution < -0.4 is 9.64 Å². The summed E-state index contributed by atoms with van der Waals surface area (Å²) in [7, 11) is 0. The van der Waals surface area contributed by atoms with E-state index in [2.05, 4.69) is 47.1 Å². The number of ether oxygens (including phenoxy) is 1. The third-order valence-electron chi connectivity index (χ3n) is 5.93. The molecule has 0 aliphatic carbocycles. The molecule has 0 saturated carbocycles. The van der Waals surface area contributed by atoms with Crippen molar-refractivity contribution in [2.45, 2.75) is 19.8 Å². The van der Waals surface area contributed by atoms with Crippen LogP contribution in [0, 0.1) is 6.92 Å². The van der Waals surface area contributed by atoms with Gasteiger partial charge in [-0.1, -0.05) is 35.9 Å². The summed E-state index contributed by atoms with van der Waals surface area (Å²) in [5.41, 5.74) is 3.65. The number of carbonyl (C=O) groups is 1. The summed E-state index contributed by atoms with van der Waals surface area (Å²) >= 11 is 0. The molecule has 29 heavy (non-hydrogen) atoms. The summed E-state index contributed by atoms with van der Waals surface area (Å²) in [6.45, 7) is 8.91. The largest absolute Gasteiger partial charge is 0.492 e. The lowest BCUT2D eigenvalue weighted by atomic mass is 10.0. The Morgan fingerprint density at radius 2 is 1.66 bits per heavy atom. The van der Waals surface area contributed by atoms with Gasteiger partial charge in [0.15, 0.2) is 0 Å². The third-order valence-corrected chi connectivity index (χ3v) is 5.93. The maximum atomic E-state index is 12.9. The zero-order valence-corrected chi connectivity index (χ0v) is 17.3. The first kappa shape index (κ1) is 19.9. The molecule has 2 aromatic carbocycles. The summed E-state index contributed by atoms with van der Waals surface area (Å²) in [6, 6.07) is 16.5. The Hall–Kier alpha value is -2.37. The molecule has 1 saturated heterocycles. The molecule has 0 spiro atoms. The molecule has 0 bridgehead atoms. The molecule has 1 amide bonds. The van der Waals surface area contributed by atoms with E-state index in [1.54, 1.807) is 0 Å². The molecule has 2 heterocycles. The van der Waals surface area contributed by atoms with Crippen LogP contribution in [0.3, 0.4) is 0 Å². The maximum absolute atomic E-state index is 12.9. The number of benzene rings is 2. The molecule has 2 aromatic rings. The minimum absolute atomic E-state index is 0.230. The number of rotatable bonds is 6. The van der Waals surface area contributed by atoms with Gasteiger partial charge < -0.3 is 9.64 Å². The second kappa shape index (κ2) is 9.42. The molecule has 0 atom stereocenters. The number of carbonyl (C=O) groups excluding carboxylic acids is 1. The zero-order chi connectivity index (χ0) is 20.1. The van der Waals surface area contributed by atoms with Gasteiger partial charge in [0, 0.05) is 45.0 Å². The highest BCUT2D eigenvalue weighted by Gasteiger charge is 2.25. The lowest BCUT2D eigenvalue weighted by Crippen LogP contribution is -2.51. The van der Waals surface area contributed by atoms with Gasteiger partial charge in [-0.2, -0.15) is 0 Å². The van der Waals surface area contributed by atoms with Crippen LogP contribution in [0.25, 0.3) is 0 Å². The molecule has 4 rings (SSSR count). The molecule has 1 fully saturated rings. The number of anilines is 1. The van der Waals surface area contributed by atoms with E-state index in [1.807, 2.05) is 23.1 Å². The van der Waals surface area contributed by atoms with E-state index >= 15 is 0 Å². The van der Waals surface area contributed by atoms with Crippen molar-refractivity contribution >= 4 is 11.6 Å². The minimum Gasteiger partial charge on any atom is -0.492 e. The van der Waals surface area contributed by atoms with Crippen molar-refractivity contribution in [1.29, 1.82) is 0 Å². The van der Waals surface area contributed by atoms with Crippen LogP contribution >= 0.6 is 0 Å². The SMILES string of the molecule is Cc1ccc(OCCN2CCN(CC(=O)N3CCCc4ccccc43)CC2)cc1. The van der Waals surface area contributed by atoms with Crippen molar-refractivity contribution in [2.24, 2.45) is 0 Å². The number of hydrogen-bond donors (Lipinski definition) is 0. The van der Waals surface area contributed by atoms with Crippen molar-refractivity contribution in [3.8, 4) is 5.75 Å². The van der Waals surface area contributed by atoms with Gasteiger partial charge in [-0.15, -0.1) is 0 Å². The van der Waals surface area contributed by atoms with E-state index in [1.165, 1.54) is 11.1 Å². The van der Waals surface area contributed by atoms with E-state index in [0.29, 0.717) is 13.2 Å². The van der Waals surface area contributed by atoms with Gasteiger partial charge >= 0.3 is 0 Å². The van der Waals surface area contributed by atoms with E-state index in [0.717, 1.165) is 63.5 Å². The fraction of sp³-hybridized carbons (Fsp3) is 0.458. The predicted octanol–water partition coefficient (Wildman–Crippen LogP) is 2.97. The Morgan fingerprint density at radius 1 is 0.931 bits per heavy atom. The fourth-order valence-electron chi connectivity index (χ4n) is 4.17. The van der Waals surface area contributed by atoms with Gasteiger partial charge in [-0.05, 0) is 43.5 Å². The Balaban J connectivity index is 1.20. The topological polar surface area (TPSA) is 36.0 Å². The van der Waals surface area contributed by atoms with Crippen molar-refractivity contribution in [1.82, 2.24) is 9.80 Å². The number of amides is 1. The van der Waals surface area contributed by atoms with Crippen LogP contribution in [0.15, 0.2) is 48.5 Å². The van der Waals surface area contributed by atoms with Crippen LogP contribution in [0.5, 0.6) is 5.75 Å². The number of nitrogens with zero attached hydrogens (tertiary/aromatic N) is 3. The fourth-order valence-corrected chi connectivity index (χ4v) is 4.17. The predicted molar refractivity (Wildman–Crippen MR) is 117 cm³/mol. The Morgan fingerprint density at radius 3 is 2.45 bits per heavy atom.